The van der Waals surface area contributed by atoms with Crippen molar-refractivity contribution in [1.29, 1.82) is 4.78 Å². The number of aromatic nitrogens is 3. The van der Waals surface area contributed by atoms with Crippen molar-refractivity contribution < 1.29 is 4.21 Å². The molecule has 1 unspecified atom stereocenters. The zero-order valence-corrected chi connectivity index (χ0v) is 10.6. The number of nitrogens with two attached hydrogens (primary N) is 1. The van der Waals surface area contributed by atoms with Gasteiger partial charge in [0.25, 0.3) is 0 Å². The highest BCUT2D eigenvalue weighted by Crippen LogP contribution is 2.15. The van der Waals surface area contributed by atoms with Crippen LogP contribution in [0.5, 0.6) is 0 Å². The van der Waals surface area contributed by atoms with E-state index in [1.54, 1.807) is 30.6 Å². The van der Waals surface area contributed by atoms with Crippen LogP contribution in [0.15, 0.2) is 30.6 Å². The van der Waals surface area contributed by atoms with Gasteiger partial charge < -0.3 is 5.73 Å². The van der Waals surface area contributed by atoms with E-state index in [1.165, 1.54) is 6.26 Å². The van der Waals surface area contributed by atoms with Gasteiger partial charge in [0, 0.05) is 28.4 Å². The van der Waals surface area contributed by atoms with Crippen LogP contribution in [0.2, 0.25) is 0 Å². The van der Waals surface area contributed by atoms with E-state index in [1.807, 2.05) is 0 Å². The zero-order chi connectivity index (χ0) is 13.2. The highest BCUT2D eigenvalue weighted by atomic mass is 32.2. The lowest BCUT2D eigenvalue weighted by atomic mass is 10.2. The van der Waals surface area contributed by atoms with Crippen molar-refractivity contribution in [3.8, 4) is 11.5 Å². The summed E-state index contributed by atoms with van der Waals surface area (Å²) in [5, 5.41) is 0. The highest BCUT2D eigenvalue weighted by molar-refractivity contribution is 7.90. The molecule has 0 aromatic carbocycles. The smallest absolute Gasteiger partial charge is 0.180 e. The molecule has 2 rings (SSSR count). The third kappa shape index (κ3) is 3.24. The maximum Gasteiger partial charge on any atom is 0.180 e. The Bertz CT molecular complexity index is 669. The van der Waals surface area contributed by atoms with Crippen molar-refractivity contribution in [3.05, 3.63) is 36.2 Å². The number of nitrogen functional groups attached to an aromatic ring is 1. The van der Waals surface area contributed by atoms with Crippen LogP contribution in [0.3, 0.4) is 0 Å². The van der Waals surface area contributed by atoms with Crippen LogP contribution in [-0.4, -0.2) is 25.4 Å². The predicted octanol–water partition coefficient (Wildman–Crippen LogP) is 1.30. The Balaban J connectivity index is 2.38. The van der Waals surface area contributed by atoms with E-state index >= 15 is 0 Å². The van der Waals surface area contributed by atoms with Crippen molar-refractivity contribution in [1.82, 2.24) is 15.0 Å². The molecule has 0 radical (unpaired) electrons. The third-order valence-electron chi connectivity index (χ3n) is 2.17. The van der Waals surface area contributed by atoms with E-state index in [0.717, 1.165) is 5.56 Å². The number of hydrogen-bond donors (Lipinski definition) is 2. The predicted molar refractivity (Wildman–Crippen MR) is 70.2 cm³/mol. The quantitative estimate of drug-likeness (QED) is 0.868. The first-order chi connectivity index (χ1) is 8.44. The topological polar surface area (TPSA) is 106 Å². The summed E-state index contributed by atoms with van der Waals surface area (Å²) in [4.78, 5) is 12.3. The molecule has 0 aliphatic heterocycles. The van der Waals surface area contributed by atoms with Crippen molar-refractivity contribution >= 4 is 15.5 Å². The van der Waals surface area contributed by atoms with Crippen LogP contribution in [0.1, 0.15) is 5.56 Å². The van der Waals surface area contributed by atoms with Gasteiger partial charge in [-0.2, -0.15) is 0 Å². The maximum atomic E-state index is 11.5. The molecule has 0 fully saturated rings. The third-order valence-corrected chi connectivity index (χ3v) is 3.06. The van der Waals surface area contributed by atoms with E-state index in [-0.39, 0.29) is 5.75 Å². The number of pyridine rings is 1. The number of hydrogen-bond acceptors (Lipinski definition) is 6. The Morgan fingerprint density at radius 2 is 2.06 bits per heavy atom. The van der Waals surface area contributed by atoms with Gasteiger partial charge in [0.05, 0.1) is 5.75 Å². The number of rotatable bonds is 3. The van der Waals surface area contributed by atoms with E-state index < -0.39 is 9.73 Å². The second kappa shape index (κ2) is 4.69. The van der Waals surface area contributed by atoms with E-state index in [0.29, 0.717) is 17.3 Å². The molecule has 2 heterocycles. The molecule has 0 amide bonds. The second-order valence-corrected chi connectivity index (χ2v) is 6.30. The second-order valence-electron chi connectivity index (χ2n) is 4.00. The largest absolute Gasteiger partial charge is 0.384 e. The van der Waals surface area contributed by atoms with Gasteiger partial charge in [-0.3, -0.25) is 9.76 Å². The van der Waals surface area contributed by atoms with Gasteiger partial charge in [-0.25, -0.2) is 14.2 Å². The molecular weight excluding hydrogens is 250 g/mol. The monoisotopic (exact) mass is 263 g/mol. The Labute approximate surface area is 105 Å². The molecule has 0 saturated heterocycles. The standard InChI is InChI=1S/C11H13N5OS/c1-18(13,17)7-8-2-4-14-9(6-8)11-15-5-3-10(12)16-11/h2-6,13H,7H2,1H3,(H2,12,15,16). The summed E-state index contributed by atoms with van der Waals surface area (Å²) >= 11 is 0. The minimum Gasteiger partial charge on any atom is -0.384 e. The van der Waals surface area contributed by atoms with Gasteiger partial charge in [0.1, 0.15) is 11.5 Å². The van der Waals surface area contributed by atoms with Crippen molar-refractivity contribution in [2.45, 2.75) is 5.75 Å². The molecule has 2 aromatic rings. The minimum atomic E-state index is -2.58. The lowest BCUT2D eigenvalue weighted by Crippen LogP contribution is -2.01. The molecule has 3 N–H and O–H groups in total. The Morgan fingerprint density at radius 1 is 1.33 bits per heavy atom. The molecule has 94 valence electrons. The summed E-state index contributed by atoms with van der Waals surface area (Å²) in [6.07, 6.45) is 4.55. The van der Waals surface area contributed by atoms with Gasteiger partial charge >= 0.3 is 0 Å². The molecule has 6 nitrogen and oxygen atoms in total. The first kappa shape index (κ1) is 12.4. The van der Waals surface area contributed by atoms with E-state index in [9.17, 15) is 4.21 Å². The normalized spacial score (nSPS) is 14.1. The molecule has 1 atom stereocenters. The van der Waals surface area contributed by atoms with E-state index in [2.05, 4.69) is 15.0 Å². The molecule has 7 heteroatoms. The van der Waals surface area contributed by atoms with Gasteiger partial charge in [0.2, 0.25) is 0 Å². The SMILES string of the molecule is CS(=N)(=O)Cc1ccnc(-c2nccc(N)n2)c1. The first-order valence-corrected chi connectivity index (χ1v) is 7.33. The molecule has 18 heavy (non-hydrogen) atoms. The van der Waals surface area contributed by atoms with Crippen molar-refractivity contribution in [2.24, 2.45) is 0 Å². The Kier molecular flexibility index (Phi) is 3.24. The van der Waals surface area contributed by atoms with Gasteiger partial charge in [-0.05, 0) is 23.8 Å². The minimum absolute atomic E-state index is 0.185. The summed E-state index contributed by atoms with van der Waals surface area (Å²) in [7, 11) is -2.58. The molecule has 0 aliphatic carbocycles. The fourth-order valence-corrected chi connectivity index (χ4v) is 2.32. The van der Waals surface area contributed by atoms with Gasteiger partial charge in [0.15, 0.2) is 5.82 Å². The maximum absolute atomic E-state index is 11.5. The molecule has 0 saturated carbocycles. The zero-order valence-electron chi connectivity index (χ0n) is 9.83. The lowest BCUT2D eigenvalue weighted by molar-refractivity contribution is 0.678. The molecule has 2 aromatic heterocycles. The summed E-state index contributed by atoms with van der Waals surface area (Å²) in [5.41, 5.74) is 6.91. The van der Waals surface area contributed by atoms with Crippen LogP contribution in [0.4, 0.5) is 5.82 Å². The fourth-order valence-electron chi connectivity index (χ4n) is 1.50. The summed E-state index contributed by atoms with van der Waals surface area (Å²) in [5.74, 6) is 0.974. The Hall–Kier alpha value is -2.02. The fraction of sp³-hybridized carbons (Fsp3) is 0.182. The van der Waals surface area contributed by atoms with Crippen LogP contribution in [-0.2, 0) is 15.5 Å². The lowest BCUT2D eigenvalue weighted by Gasteiger charge is -2.04. The number of nitrogens with zero attached hydrogens (tertiary/aromatic N) is 3. The summed E-state index contributed by atoms with van der Waals surface area (Å²) in [6.45, 7) is 0. The van der Waals surface area contributed by atoms with Gasteiger partial charge in [-0.15, -0.1) is 0 Å². The van der Waals surface area contributed by atoms with Crippen molar-refractivity contribution in [3.63, 3.8) is 0 Å². The van der Waals surface area contributed by atoms with Crippen LogP contribution >= 0.6 is 0 Å². The summed E-state index contributed by atoms with van der Waals surface area (Å²) in [6, 6.07) is 5.05. The average Bonchev–Trinajstić information content (AvgIpc) is 2.27. The molecule has 0 spiro atoms. The first-order valence-electron chi connectivity index (χ1n) is 5.19. The number of anilines is 1. The highest BCUT2D eigenvalue weighted by Gasteiger charge is 2.06. The average molecular weight is 263 g/mol. The number of nitrogens with one attached hydrogen (secondary N) is 1. The van der Waals surface area contributed by atoms with Crippen LogP contribution in [0.25, 0.3) is 11.5 Å². The van der Waals surface area contributed by atoms with Crippen molar-refractivity contribution in [2.75, 3.05) is 12.0 Å². The molecule has 0 bridgehead atoms. The van der Waals surface area contributed by atoms with Crippen LogP contribution < -0.4 is 5.73 Å². The molecular formula is C11H13N5OS. The van der Waals surface area contributed by atoms with Crippen LogP contribution in [0, 0.1) is 4.78 Å². The van der Waals surface area contributed by atoms with Gasteiger partial charge in [-0.1, -0.05) is 0 Å². The molecule has 0 aliphatic rings. The van der Waals surface area contributed by atoms with E-state index in [4.69, 9.17) is 10.5 Å². The summed E-state index contributed by atoms with van der Waals surface area (Å²) < 4.78 is 18.9. The Morgan fingerprint density at radius 3 is 2.72 bits per heavy atom.